The van der Waals surface area contributed by atoms with E-state index in [1.54, 1.807) is 0 Å². The monoisotopic (exact) mass is 230 g/mol. The SMILES string of the molecule is NC([I-]C=O)C(=O)O. The molecule has 0 aliphatic heterocycles. The number of hydrogen-bond acceptors (Lipinski definition) is 3. The van der Waals surface area contributed by atoms with Crippen LogP contribution >= 0.6 is 0 Å². The number of carboxylic acid groups (broad SMARTS) is 1. The minimum atomic E-state index is -1.09. The number of carboxylic acids is 1. The van der Waals surface area contributed by atoms with Crippen LogP contribution in [0.5, 0.6) is 0 Å². The van der Waals surface area contributed by atoms with Crippen molar-refractivity contribution >= 4 is 10.3 Å². The fourth-order valence-corrected chi connectivity index (χ4v) is 0.733. The first-order valence-electron chi connectivity index (χ1n) is 1.72. The Hall–Kier alpha value is -0.170. The van der Waals surface area contributed by atoms with E-state index >= 15 is 0 Å². The van der Waals surface area contributed by atoms with Gasteiger partial charge in [0, 0.05) is 0 Å². The average molecular weight is 230 g/mol. The molecule has 4 nitrogen and oxygen atoms in total. The van der Waals surface area contributed by atoms with Crippen molar-refractivity contribution < 1.29 is 35.9 Å². The number of nitrogens with two attached hydrogens (primary N) is 1. The zero-order chi connectivity index (χ0) is 6.57. The van der Waals surface area contributed by atoms with Crippen LogP contribution in [0.1, 0.15) is 0 Å². The molecule has 0 aliphatic carbocycles. The third-order valence-corrected chi connectivity index (χ3v) is 2.02. The zero-order valence-electron chi connectivity index (χ0n) is 3.87. The van der Waals surface area contributed by atoms with Crippen LogP contribution in [0.15, 0.2) is 0 Å². The van der Waals surface area contributed by atoms with E-state index in [0.29, 0.717) is 4.29 Å². The molecule has 0 amide bonds. The van der Waals surface area contributed by atoms with Gasteiger partial charge < -0.3 is 0 Å². The van der Waals surface area contributed by atoms with Crippen molar-refractivity contribution in [1.82, 2.24) is 0 Å². The van der Waals surface area contributed by atoms with Crippen molar-refractivity contribution in [3.8, 4) is 0 Å². The second-order valence-corrected chi connectivity index (χ2v) is 3.52. The molecule has 0 radical (unpaired) electrons. The van der Waals surface area contributed by atoms with Gasteiger partial charge in [0.2, 0.25) is 0 Å². The first kappa shape index (κ1) is 7.83. The van der Waals surface area contributed by atoms with E-state index in [4.69, 9.17) is 10.8 Å². The summed E-state index contributed by atoms with van der Waals surface area (Å²) in [7, 11) is 0. The number of carbonyl (C=O) groups excluding carboxylic acids is 1. The number of carbonyl (C=O) groups is 2. The summed E-state index contributed by atoms with van der Waals surface area (Å²) in [5.74, 6) is -1.09. The molecule has 0 fully saturated rings. The van der Waals surface area contributed by atoms with Gasteiger partial charge in [-0.1, -0.05) is 0 Å². The summed E-state index contributed by atoms with van der Waals surface area (Å²) >= 11 is -0.977. The molecule has 48 valence electrons. The molecule has 1 unspecified atom stereocenters. The number of halogens is 1. The number of alkyl halides is 1. The minimum absolute atomic E-state index is 0.595. The van der Waals surface area contributed by atoms with Gasteiger partial charge in [0.1, 0.15) is 0 Å². The van der Waals surface area contributed by atoms with E-state index in [1.807, 2.05) is 0 Å². The maximum absolute atomic E-state index is 9.83. The van der Waals surface area contributed by atoms with E-state index in [2.05, 4.69) is 0 Å². The molecule has 3 N–H and O–H groups in total. The zero-order valence-corrected chi connectivity index (χ0v) is 6.03. The van der Waals surface area contributed by atoms with Crippen LogP contribution in [0.2, 0.25) is 0 Å². The van der Waals surface area contributed by atoms with Crippen molar-refractivity contribution in [2.45, 2.75) is 4.05 Å². The van der Waals surface area contributed by atoms with Crippen molar-refractivity contribution in [3.05, 3.63) is 0 Å². The van der Waals surface area contributed by atoms with Gasteiger partial charge in [-0.2, -0.15) is 0 Å². The van der Waals surface area contributed by atoms with Crippen LogP contribution in [0.25, 0.3) is 0 Å². The van der Waals surface area contributed by atoms with Crippen LogP contribution < -0.4 is 26.9 Å². The molecular formula is C3H5INO3-. The molecule has 0 aliphatic rings. The van der Waals surface area contributed by atoms with Crippen molar-refractivity contribution in [3.63, 3.8) is 0 Å². The second kappa shape index (κ2) is 3.79. The molecular weight excluding hydrogens is 225 g/mol. The summed E-state index contributed by atoms with van der Waals surface area (Å²) in [4.78, 5) is 19.5. The summed E-state index contributed by atoms with van der Waals surface area (Å²) < 4.78 is -0.330. The van der Waals surface area contributed by atoms with Gasteiger partial charge in [-0.15, -0.1) is 0 Å². The van der Waals surface area contributed by atoms with Crippen molar-refractivity contribution in [2.75, 3.05) is 0 Å². The molecule has 0 heterocycles. The maximum atomic E-state index is 9.83. The van der Waals surface area contributed by atoms with Crippen LogP contribution in [0.4, 0.5) is 0 Å². The first-order valence-corrected chi connectivity index (χ1v) is 4.21. The molecule has 0 aromatic rings. The molecule has 0 spiro atoms. The predicted molar refractivity (Wildman–Crippen MR) is 22.4 cm³/mol. The third-order valence-electron chi connectivity index (χ3n) is 0.423. The molecule has 0 saturated carbocycles. The molecule has 0 rings (SSSR count). The van der Waals surface area contributed by atoms with Crippen LogP contribution in [-0.2, 0) is 9.59 Å². The average Bonchev–Trinajstić information content (AvgIpc) is 1.67. The van der Waals surface area contributed by atoms with E-state index in [1.165, 1.54) is 0 Å². The fraction of sp³-hybridized carbons (Fsp3) is 0.333. The Labute approximate surface area is 56.3 Å². The van der Waals surface area contributed by atoms with Gasteiger partial charge >= 0.3 is 55.9 Å². The van der Waals surface area contributed by atoms with Gasteiger partial charge in [0.25, 0.3) is 0 Å². The van der Waals surface area contributed by atoms with E-state index in [9.17, 15) is 9.59 Å². The molecule has 0 aromatic heterocycles. The van der Waals surface area contributed by atoms with Crippen molar-refractivity contribution in [1.29, 1.82) is 0 Å². The summed E-state index contributed by atoms with van der Waals surface area (Å²) in [6, 6.07) is 0. The Morgan fingerprint density at radius 2 is 2.38 bits per heavy atom. The van der Waals surface area contributed by atoms with E-state index < -0.39 is 31.2 Å². The predicted octanol–water partition coefficient (Wildman–Crippen LogP) is -4.36. The van der Waals surface area contributed by atoms with Crippen molar-refractivity contribution in [2.24, 2.45) is 5.73 Å². The Balaban J connectivity index is 3.46. The first-order chi connectivity index (χ1) is 3.68. The van der Waals surface area contributed by atoms with Gasteiger partial charge in [-0.05, 0) is 0 Å². The summed E-state index contributed by atoms with van der Waals surface area (Å²) in [5, 5.41) is 8.06. The molecule has 1 atom stereocenters. The molecule has 0 aromatic carbocycles. The van der Waals surface area contributed by atoms with Gasteiger partial charge in [-0.25, -0.2) is 0 Å². The fourth-order valence-electron chi connectivity index (χ4n) is 0.109. The van der Waals surface area contributed by atoms with Crippen LogP contribution in [0.3, 0.4) is 0 Å². The molecule has 5 heteroatoms. The number of rotatable bonds is 3. The molecule has 0 saturated heterocycles. The van der Waals surface area contributed by atoms with Gasteiger partial charge in [0.15, 0.2) is 0 Å². The normalized spacial score (nSPS) is 13.1. The van der Waals surface area contributed by atoms with Crippen LogP contribution in [0, 0.1) is 0 Å². The topological polar surface area (TPSA) is 80.4 Å². The van der Waals surface area contributed by atoms with E-state index in [0.717, 1.165) is 0 Å². The number of aliphatic carboxylic acids is 1. The van der Waals surface area contributed by atoms with Gasteiger partial charge in [0.05, 0.1) is 0 Å². The molecule has 0 bridgehead atoms. The summed E-state index contributed by atoms with van der Waals surface area (Å²) in [6.45, 7) is 0. The standard InChI is InChI=1S/C3H5INO3/c5-2(3(7)8)4-1-6/h1-2H,5H2,(H,7,8)/q-1. The second-order valence-electron chi connectivity index (χ2n) is 0.955. The Morgan fingerprint density at radius 1 is 1.88 bits per heavy atom. The van der Waals surface area contributed by atoms with Crippen LogP contribution in [-0.4, -0.2) is 19.4 Å². The third kappa shape index (κ3) is 2.92. The Bertz CT molecular complexity index is 105. The summed E-state index contributed by atoms with van der Waals surface area (Å²) in [5.41, 5.74) is 4.95. The van der Waals surface area contributed by atoms with E-state index in [-0.39, 0.29) is 0 Å². The number of hydrogen-bond donors (Lipinski definition) is 2. The van der Waals surface area contributed by atoms with Gasteiger partial charge in [-0.3, -0.25) is 0 Å². The summed E-state index contributed by atoms with van der Waals surface area (Å²) in [6.07, 6.45) is 0. The Kier molecular flexibility index (Phi) is 3.71. The quantitative estimate of drug-likeness (QED) is 0.169. The molecule has 8 heavy (non-hydrogen) atoms. The Morgan fingerprint density at radius 3 is 2.50 bits per heavy atom.